The van der Waals surface area contributed by atoms with Crippen LogP contribution in [0.1, 0.15) is 36.1 Å². The molecule has 7 heteroatoms. The molecule has 1 aromatic heterocycles. The van der Waals surface area contributed by atoms with Crippen LogP contribution in [0.25, 0.3) is 0 Å². The Labute approximate surface area is 166 Å². The van der Waals surface area contributed by atoms with E-state index in [1.165, 1.54) is 12.0 Å². The van der Waals surface area contributed by atoms with E-state index in [0.717, 1.165) is 44.5 Å². The molecule has 2 aromatic rings. The molecule has 0 aliphatic carbocycles. The van der Waals surface area contributed by atoms with Crippen LogP contribution in [0.3, 0.4) is 0 Å². The zero-order valence-electron chi connectivity index (χ0n) is 16.0. The normalized spacial score (nSPS) is 16.5. The number of nitrogens with one attached hydrogen (secondary N) is 1. The molecule has 27 heavy (non-hydrogen) atoms. The number of sulfonamides is 1. The highest BCUT2D eigenvalue weighted by Crippen LogP contribution is 2.31. The second-order valence-corrected chi connectivity index (χ2v) is 9.58. The lowest BCUT2D eigenvalue weighted by Gasteiger charge is -2.31. The van der Waals surface area contributed by atoms with Gasteiger partial charge in [0.15, 0.2) is 0 Å². The zero-order chi connectivity index (χ0) is 19.3. The number of hydrogen-bond donors (Lipinski definition) is 1. The van der Waals surface area contributed by atoms with Crippen LogP contribution in [0.2, 0.25) is 0 Å². The molecule has 0 radical (unpaired) electrons. The first-order chi connectivity index (χ1) is 13.0. The summed E-state index contributed by atoms with van der Waals surface area (Å²) in [5.74, 6) is 1.04. The Morgan fingerprint density at radius 3 is 2.67 bits per heavy atom. The minimum Gasteiger partial charge on any atom is -0.495 e. The van der Waals surface area contributed by atoms with Gasteiger partial charge in [-0.3, -0.25) is 0 Å². The van der Waals surface area contributed by atoms with E-state index in [1.54, 1.807) is 12.1 Å². The predicted octanol–water partition coefficient (Wildman–Crippen LogP) is 3.48. The molecule has 1 N–H and O–H groups in total. The number of methoxy groups -OCH3 is 1. The van der Waals surface area contributed by atoms with Gasteiger partial charge in [0.05, 0.1) is 7.11 Å². The van der Waals surface area contributed by atoms with Crippen molar-refractivity contribution in [3.05, 3.63) is 46.2 Å². The van der Waals surface area contributed by atoms with Crippen LogP contribution in [0.5, 0.6) is 5.75 Å². The first kappa shape index (κ1) is 20.3. The number of thiophene rings is 1. The van der Waals surface area contributed by atoms with E-state index in [2.05, 4.69) is 27.1 Å². The maximum Gasteiger partial charge on any atom is 0.244 e. The smallest absolute Gasteiger partial charge is 0.244 e. The van der Waals surface area contributed by atoms with E-state index >= 15 is 0 Å². The maximum absolute atomic E-state index is 12.7. The van der Waals surface area contributed by atoms with E-state index in [-0.39, 0.29) is 4.90 Å². The van der Waals surface area contributed by atoms with Crippen LogP contribution < -0.4 is 9.46 Å². The average molecular weight is 409 g/mol. The number of piperidine rings is 1. The molecular formula is C20H28N2O3S2. The monoisotopic (exact) mass is 408 g/mol. The summed E-state index contributed by atoms with van der Waals surface area (Å²) in [4.78, 5) is 4.03. The molecule has 0 saturated carbocycles. The molecule has 0 unspecified atom stereocenters. The van der Waals surface area contributed by atoms with Crippen molar-refractivity contribution in [1.82, 2.24) is 9.62 Å². The summed E-state index contributed by atoms with van der Waals surface area (Å²) in [6.45, 7) is 5.17. The predicted molar refractivity (Wildman–Crippen MR) is 110 cm³/mol. The first-order valence-corrected chi connectivity index (χ1v) is 11.8. The SMILES string of the molecule is CCc1ccc(OC)c(S(=O)(=O)NCCN2CCC(c3cccs3)CC2)c1. The third-order valence-electron chi connectivity index (χ3n) is 5.18. The summed E-state index contributed by atoms with van der Waals surface area (Å²) in [5.41, 5.74) is 0.979. The number of hydrogen-bond acceptors (Lipinski definition) is 5. The van der Waals surface area contributed by atoms with Crippen LogP contribution in [-0.4, -0.2) is 46.6 Å². The fourth-order valence-corrected chi connectivity index (χ4v) is 5.67. The van der Waals surface area contributed by atoms with Gasteiger partial charge in [-0.05, 0) is 67.4 Å². The molecule has 1 aliphatic rings. The zero-order valence-corrected chi connectivity index (χ0v) is 17.6. The Morgan fingerprint density at radius 2 is 2.04 bits per heavy atom. The molecule has 1 fully saturated rings. The Hall–Kier alpha value is -1.41. The fourth-order valence-electron chi connectivity index (χ4n) is 3.53. The lowest BCUT2D eigenvalue weighted by Crippen LogP contribution is -2.39. The molecule has 0 spiro atoms. The lowest BCUT2D eigenvalue weighted by atomic mass is 9.95. The average Bonchev–Trinajstić information content (AvgIpc) is 3.22. The number of rotatable bonds is 8. The molecule has 0 bridgehead atoms. The van der Waals surface area contributed by atoms with Gasteiger partial charge in [0.25, 0.3) is 0 Å². The molecule has 5 nitrogen and oxygen atoms in total. The Bertz CT molecular complexity index is 827. The highest BCUT2D eigenvalue weighted by molar-refractivity contribution is 7.89. The number of benzene rings is 1. The van der Waals surface area contributed by atoms with Crippen molar-refractivity contribution >= 4 is 21.4 Å². The first-order valence-electron chi connectivity index (χ1n) is 9.46. The molecule has 148 valence electrons. The Morgan fingerprint density at radius 1 is 1.26 bits per heavy atom. The van der Waals surface area contributed by atoms with Crippen molar-refractivity contribution in [1.29, 1.82) is 0 Å². The van der Waals surface area contributed by atoms with Gasteiger partial charge in [-0.15, -0.1) is 11.3 Å². The topological polar surface area (TPSA) is 58.6 Å². The summed E-state index contributed by atoms with van der Waals surface area (Å²) in [6, 6.07) is 9.66. The van der Waals surface area contributed by atoms with Crippen LogP contribution in [0.15, 0.2) is 40.6 Å². The number of aryl methyl sites for hydroxylation is 1. The van der Waals surface area contributed by atoms with Crippen LogP contribution in [-0.2, 0) is 16.4 Å². The van der Waals surface area contributed by atoms with Crippen molar-refractivity contribution in [2.24, 2.45) is 0 Å². The third kappa shape index (κ3) is 5.10. The van der Waals surface area contributed by atoms with Gasteiger partial charge in [-0.2, -0.15) is 0 Å². The molecule has 1 aliphatic heterocycles. The van der Waals surface area contributed by atoms with Crippen molar-refractivity contribution in [3.63, 3.8) is 0 Å². The fraction of sp³-hybridized carbons (Fsp3) is 0.500. The molecular weight excluding hydrogens is 380 g/mol. The molecule has 1 saturated heterocycles. The van der Waals surface area contributed by atoms with E-state index in [0.29, 0.717) is 18.2 Å². The van der Waals surface area contributed by atoms with Crippen molar-refractivity contribution in [2.45, 2.75) is 37.0 Å². The number of nitrogens with zero attached hydrogens (tertiary/aromatic N) is 1. The molecule has 3 rings (SSSR count). The summed E-state index contributed by atoms with van der Waals surface area (Å²) < 4.78 is 33.4. The van der Waals surface area contributed by atoms with Crippen molar-refractivity contribution in [3.8, 4) is 5.75 Å². The number of likely N-dealkylation sites (tertiary alicyclic amines) is 1. The maximum atomic E-state index is 12.7. The minimum atomic E-state index is -3.58. The standard InChI is InChI=1S/C20H28N2O3S2/c1-3-16-6-7-18(25-2)20(15-16)27(23,24)21-10-13-22-11-8-17(9-12-22)19-5-4-14-26-19/h4-7,14-15,17,21H,3,8-13H2,1-2H3. The van der Waals surface area contributed by atoms with Gasteiger partial charge in [0, 0.05) is 18.0 Å². The van der Waals surface area contributed by atoms with Gasteiger partial charge in [0.2, 0.25) is 10.0 Å². The summed E-state index contributed by atoms with van der Waals surface area (Å²) in [7, 11) is -2.08. The van der Waals surface area contributed by atoms with Crippen molar-refractivity contribution < 1.29 is 13.2 Å². The van der Waals surface area contributed by atoms with Crippen LogP contribution >= 0.6 is 11.3 Å². The second-order valence-electron chi connectivity index (χ2n) is 6.87. The van der Waals surface area contributed by atoms with Crippen LogP contribution in [0, 0.1) is 0 Å². The summed E-state index contributed by atoms with van der Waals surface area (Å²) in [6.07, 6.45) is 3.06. The highest BCUT2D eigenvalue weighted by atomic mass is 32.2. The van der Waals surface area contributed by atoms with E-state index in [9.17, 15) is 8.42 Å². The van der Waals surface area contributed by atoms with E-state index in [4.69, 9.17) is 4.74 Å². The Balaban J connectivity index is 1.53. The molecule has 1 aromatic carbocycles. The van der Waals surface area contributed by atoms with E-state index in [1.807, 2.05) is 24.3 Å². The van der Waals surface area contributed by atoms with Crippen molar-refractivity contribution in [2.75, 3.05) is 33.3 Å². The minimum absolute atomic E-state index is 0.223. The van der Waals surface area contributed by atoms with E-state index < -0.39 is 10.0 Å². The van der Waals surface area contributed by atoms with Gasteiger partial charge in [0.1, 0.15) is 10.6 Å². The lowest BCUT2D eigenvalue weighted by molar-refractivity contribution is 0.217. The molecule has 2 heterocycles. The van der Waals surface area contributed by atoms with Crippen LogP contribution in [0.4, 0.5) is 0 Å². The van der Waals surface area contributed by atoms with Gasteiger partial charge in [-0.1, -0.05) is 19.1 Å². The summed E-state index contributed by atoms with van der Waals surface area (Å²) >= 11 is 1.83. The second kappa shape index (κ2) is 9.19. The molecule has 0 atom stereocenters. The Kier molecular flexibility index (Phi) is 6.92. The third-order valence-corrected chi connectivity index (χ3v) is 7.70. The number of ether oxygens (including phenoxy) is 1. The van der Waals surface area contributed by atoms with Gasteiger partial charge in [-0.25, -0.2) is 13.1 Å². The molecule has 0 amide bonds. The van der Waals surface area contributed by atoms with Gasteiger partial charge < -0.3 is 9.64 Å². The van der Waals surface area contributed by atoms with Gasteiger partial charge >= 0.3 is 0 Å². The summed E-state index contributed by atoms with van der Waals surface area (Å²) in [5, 5.41) is 2.14. The largest absolute Gasteiger partial charge is 0.495 e. The highest BCUT2D eigenvalue weighted by Gasteiger charge is 2.23. The quantitative estimate of drug-likeness (QED) is 0.727.